The van der Waals surface area contributed by atoms with Crippen LogP contribution in [0.15, 0.2) is 4.88 Å². The zero-order valence-corrected chi connectivity index (χ0v) is 6.91. The minimum atomic E-state index is -1.35. The van der Waals surface area contributed by atoms with E-state index in [1.54, 1.807) is 0 Å². The average Bonchev–Trinajstić information content (AvgIpc) is 1.90. The first kappa shape index (κ1) is 9.66. The Morgan fingerprint density at radius 2 is 1.90 bits per heavy atom. The molecule has 10 heavy (non-hydrogen) atoms. The first-order chi connectivity index (χ1) is 4.85. The van der Waals surface area contributed by atoms with E-state index in [2.05, 4.69) is 9.80 Å². The van der Waals surface area contributed by atoms with Gasteiger partial charge in [0.15, 0.2) is 0 Å². The number of hydrogen-bond acceptors (Lipinski definition) is 3. The maximum atomic E-state index is 8.00. The summed E-state index contributed by atoms with van der Waals surface area (Å²) in [7, 11) is -1.35. The van der Waals surface area contributed by atoms with Crippen molar-refractivity contribution in [1.29, 1.82) is 0 Å². The Morgan fingerprint density at radius 3 is 2.20 bits per heavy atom. The van der Waals surface area contributed by atoms with Crippen molar-refractivity contribution in [3.05, 3.63) is 10.4 Å². The zero-order valence-electron chi connectivity index (χ0n) is 6.02. The molecule has 0 aliphatic rings. The molecule has 0 rings (SSSR count). The van der Waals surface area contributed by atoms with Gasteiger partial charge in [-0.3, -0.25) is 0 Å². The number of hydrogen-bond donors (Lipinski definition) is 0. The van der Waals surface area contributed by atoms with Gasteiger partial charge in [0.1, 0.15) is 0 Å². The molecule has 0 aliphatic heterocycles. The van der Waals surface area contributed by atoms with E-state index in [4.69, 9.17) is 14.6 Å². The molecular formula is C4H10N3O2P. The normalized spacial score (nSPS) is 9.50. The van der Waals surface area contributed by atoms with Crippen molar-refractivity contribution in [2.24, 2.45) is 4.88 Å². The molecule has 0 aromatic heterocycles. The molecule has 0 radical (unpaired) electrons. The van der Waals surface area contributed by atoms with Crippen LogP contribution in [-0.4, -0.2) is 13.2 Å². The topological polar surface area (TPSA) is 67.2 Å². The molecule has 0 amide bonds. The average molecular weight is 163 g/mol. The highest BCUT2D eigenvalue weighted by Gasteiger charge is 2.03. The second-order valence-electron chi connectivity index (χ2n) is 1.25. The summed E-state index contributed by atoms with van der Waals surface area (Å²) in [5.41, 5.74) is 8.00. The Kier molecular flexibility index (Phi) is 6.55. The van der Waals surface area contributed by atoms with Crippen LogP contribution in [0.4, 0.5) is 0 Å². The molecule has 0 aliphatic carbocycles. The van der Waals surface area contributed by atoms with Crippen molar-refractivity contribution in [2.45, 2.75) is 13.8 Å². The van der Waals surface area contributed by atoms with E-state index in [0.29, 0.717) is 13.2 Å². The third kappa shape index (κ3) is 4.53. The number of nitrogens with zero attached hydrogens (tertiary/aromatic N) is 3. The summed E-state index contributed by atoms with van der Waals surface area (Å²) in [4.78, 5) is 5.88. The summed E-state index contributed by atoms with van der Waals surface area (Å²) in [5.74, 6) is 0. The predicted molar refractivity (Wildman–Crippen MR) is 39.3 cm³/mol. The van der Waals surface area contributed by atoms with Gasteiger partial charge in [-0.2, -0.15) is 0 Å². The molecule has 0 spiro atoms. The van der Waals surface area contributed by atoms with E-state index < -0.39 is 8.53 Å². The standard InChI is InChI=1S/C4H10N3O2P/c1-3-8-10(7-6-5)9-4-2/h3-4H2,1-2H3. The van der Waals surface area contributed by atoms with Gasteiger partial charge in [0.25, 0.3) is 8.53 Å². The van der Waals surface area contributed by atoms with Crippen molar-refractivity contribution in [2.75, 3.05) is 13.2 Å². The van der Waals surface area contributed by atoms with E-state index in [-0.39, 0.29) is 0 Å². The molecule has 0 bridgehead atoms. The van der Waals surface area contributed by atoms with Gasteiger partial charge in [-0.25, -0.2) is 0 Å². The largest absolute Gasteiger partial charge is 0.330 e. The summed E-state index contributed by atoms with van der Waals surface area (Å²) >= 11 is 0. The van der Waals surface area contributed by atoms with Crippen molar-refractivity contribution < 1.29 is 9.05 Å². The monoisotopic (exact) mass is 163 g/mol. The molecule has 0 N–H and O–H groups in total. The number of azide groups is 1. The van der Waals surface area contributed by atoms with Gasteiger partial charge in [-0.1, -0.05) is 0 Å². The summed E-state index contributed by atoms with van der Waals surface area (Å²) in [6.07, 6.45) is 0. The highest BCUT2D eigenvalue weighted by Crippen LogP contribution is 2.39. The highest BCUT2D eigenvalue weighted by molar-refractivity contribution is 7.45. The van der Waals surface area contributed by atoms with E-state index in [1.165, 1.54) is 0 Å². The third-order valence-electron chi connectivity index (χ3n) is 0.592. The summed E-state index contributed by atoms with van der Waals surface area (Å²) in [6, 6.07) is 0. The molecule has 5 nitrogen and oxygen atoms in total. The molecule has 0 heterocycles. The Labute approximate surface area is 60.9 Å². The van der Waals surface area contributed by atoms with Crippen LogP contribution < -0.4 is 0 Å². The van der Waals surface area contributed by atoms with Gasteiger partial charge < -0.3 is 9.05 Å². The first-order valence-corrected chi connectivity index (χ1v) is 4.09. The Bertz CT molecular complexity index is 120. The Morgan fingerprint density at radius 1 is 1.40 bits per heavy atom. The molecule has 0 saturated heterocycles. The van der Waals surface area contributed by atoms with Crippen LogP contribution in [0.3, 0.4) is 0 Å². The van der Waals surface area contributed by atoms with Crippen molar-refractivity contribution in [3.8, 4) is 0 Å². The van der Waals surface area contributed by atoms with E-state index in [1.807, 2.05) is 13.8 Å². The van der Waals surface area contributed by atoms with Gasteiger partial charge in [0.05, 0.1) is 13.2 Å². The van der Waals surface area contributed by atoms with Crippen LogP contribution in [0.1, 0.15) is 13.8 Å². The molecule has 0 fully saturated rings. The fraction of sp³-hybridized carbons (Fsp3) is 1.00. The summed E-state index contributed by atoms with van der Waals surface area (Å²) in [6.45, 7) is 4.65. The lowest BCUT2D eigenvalue weighted by molar-refractivity contribution is 0.270. The lowest BCUT2D eigenvalue weighted by Crippen LogP contribution is -1.86. The third-order valence-corrected chi connectivity index (χ3v) is 1.78. The molecule has 6 heteroatoms. The molecular weight excluding hydrogens is 153 g/mol. The zero-order chi connectivity index (χ0) is 7.82. The van der Waals surface area contributed by atoms with Crippen LogP contribution >= 0.6 is 8.53 Å². The summed E-state index contributed by atoms with van der Waals surface area (Å²) < 4.78 is 9.89. The predicted octanol–water partition coefficient (Wildman–Crippen LogP) is 2.60. The SMILES string of the molecule is CCOP(N=[N+]=[N-])OCC. The second kappa shape index (κ2) is 6.78. The van der Waals surface area contributed by atoms with Gasteiger partial charge in [0.2, 0.25) is 0 Å². The van der Waals surface area contributed by atoms with Crippen LogP contribution in [0.2, 0.25) is 0 Å². The summed E-state index contributed by atoms with van der Waals surface area (Å²) in [5, 5.41) is 0. The minimum Gasteiger partial charge on any atom is -0.330 e. The van der Waals surface area contributed by atoms with Crippen molar-refractivity contribution in [3.63, 3.8) is 0 Å². The fourth-order valence-electron chi connectivity index (χ4n) is 0.342. The van der Waals surface area contributed by atoms with Crippen LogP contribution in [0.5, 0.6) is 0 Å². The Hall–Kier alpha value is -0.340. The maximum Gasteiger partial charge on any atom is 0.265 e. The van der Waals surface area contributed by atoms with Gasteiger partial charge in [0, 0.05) is 4.91 Å². The highest BCUT2D eigenvalue weighted by atomic mass is 31.2. The lowest BCUT2D eigenvalue weighted by atomic mass is 10.9. The molecule has 0 aromatic carbocycles. The quantitative estimate of drug-likeness (QED) is 0.270. The maximum absolute atomic E-state index is 8.00. The molecule has 0 aromatic rings. The fourth-order valence-corrected chi connectivity index (χ4v) is 1.03. The second-order valence-corrected chi connectivity index (χ2v) is 2.42. The van der Waals surface area contributed by atoms with Crippen molar-refractivity contribution >= 4 is 8.53 Å². The molecule has 0 atom stereocenters. The molecule has 58 valence electrons. The van der Waals surface area contributed by atoms with Gasteiger partial charge >= 0.3 is 0 Å². The van der Waals surface area contributed by atoms with E-state index in [9.17, 15) is 0 Å². The van der Waals surface area contributed by atoms with Crippen molar-refractivity contribution in [1.82, 2.24) is 0 Å². The van der Waals surface area contributed by atoms with Gasteiger partial charge in [-0.05, 0) is 24.3 Å². The minimum absolute atomic E-state index is 0.505. The molecule has 0 unspecified atom stereocenters. The van der Waals surface area contributed by atoms with Crippen LogP contribution in [0.25, 0.3) is 10.4 Å². The number of rotatable bonds is 5. The van der Waals surface area contributed by atoms with Crippen LogP contribution in [-0.2, 0) is 9.05 Å². The van der Waals surface area contributed by atoms with Gasteiger partial charge in [-0.15, -0.1) is 0 Å². The lowest BCUT2D eigenvalue weighted by Gasteiger charge is -2.07. The van der Waals surface area contributed by atoms with E-state index in [0.717, 1.165) is 0 Å². The molecule has 0 saturated carbocycles. The van der Waals surface area contributed by atoms with E-state index >= 15 is 0 Å². The first-order valence-electron chi connectivity index (χ1n) is 2.96. The smallest absolute Gasteiger partial charge is 0.265 e. The van der Waals surface area contributed by atoms with Crippen LogP contribution in [0, 0.1) is 0 Å². The Balaban J connectivity index is 3.60.